The van der Waals surface area contributed by atoms with Crippen molar-refractivity contribution in [2.75, 3.05) is 6.61 Å². The lowest BCUT2D eigenvalue weighted by Crippen LogP contribution is -2.39. The summed E-state index contributed by atoms with van der Waals surface area (Å²) in [5.74, 6) is -0.0185. The van der Waals surface area contributed by atoms with E-state index in [1.54, 1.807) is 0 Å². The van der Waals surface area contributed by atoms with Crippen molar-refractivity contribution in [1.29, 1.82) is 0 Å². The van der Waals surface area contributed by atoms with Crippen molar-refractivity contribution in [3.63, 3.8) is 0 Å². The van der Waals surface area contributed by atoms with Gasteiger partial charge in [0.15, 0.2) is 0 Å². The van der Waals surface area contributed by atoms with Crippen molar-refractivity contribution < 1.29 is 9.90 Å². The number of amides is 1. The predicted octanol–water partition coefficient (Wildman–Crippen LogP) is 2.65. The summed E-state index contributed by atoms with van der Waals surface area (Å²) in [6.07, 6.45) is 1.80. The van der Waals surface area contributed by atoms with Crippen molar-refractivity contribution in [3.8, 4) is 0 Å². The Bertz CT molecular complexity index is 578. The van der Waals surface area contributed by atoms with Gasteiger partial charge in [0, 0.05) is 6.42 Å². The van der Waals surface area contributed by atoms with Crippen LogP contribution in [0.1, 0.15) is 23.1 Å². The number of rotatable bonds is 7. The third kappa shape index (κ3) is 5.34. The minimum Gasteiger partial charge on any atom is -0.394 e. The van der Waals surface area contributed by atoms with Crippen LogP contribution < -0.4 is 5.32 Å². The fraction of sp³-hybridized carbons (Fsp3) is 0.316. The van der Waals surface area contributed by atoms with Crippen LogP contribution in [0.4, 0.5) is 0 Å². The standard InChI is InChI=1S/C19H23NO2/c1-15-7-9-17(10-8-15)13-18(14-21)20-19(22)12-11-16-5-3-2-4-6-16/h2-10,18,21H,11-14H2,1H3,(H,20,22)/t18-/m0/s1. The van der Waals surface area contributed by atoms with E-state index in [-0.39, 0.29) is 18.6 Å². The van der Waals surface area contributed by atoms with E-state index in [1.807, 2.05) is 61.5 Å². The van der Waals surface area contributed by atoms with E-state index < -0.39 is 0 Å². The van der Waals surface area contributed by atoms with Gasteiger partial charge in [0.25, 0.3) is 0 Å². The molecule has 0 bridgehead atoms. The Kier molecular flexibility index (Phi) is 6.16. The van der Waals surface area contributed by atoms with Crippen molar-refractivity contribution in [2.24, 2.45) is 0 Å². The molecule has 0 aliphatic heterocycles. The zero-order valence-corrected chi connectivity index (χ0v) is 13.0. The molecule has 3 nitrogen and oxygen atoms in total. The second-order valence-corrected chi connectivity index (χ2v) is 5.62. The van der Waals surface area contributed by atoms with Crippen molar-refractivity contribution >= 4 is 5.91 Å². The number of hydrogen-bond acceptors (Lipinski definition) is 2. The van der Waals surface area contributed by atoms with E-state index in [4.69, 9.17) is 0 Å². The van der Waals surface area contributed by atoms with Gasteiger partial charge >= 0.3 is 0 Å². The molecule has 0 spiro atoms. The van der Waals surface area contributed by atoms with Gasteiger partial charge in [-0.15, -0.1) is 0 Å². The summed E-state index contributed by atoms with van der Waals surface area (Å²) in [7, 11) is 0. The molecule has 3 heteroatoms. The van der Waals surface area contributed by atoms with Crippen LogP contribution in [0.15, 0.2) is 54.6 Å². The van der Waals surface area contributed by atoms with Crippen LogP contribution in [0.2, 0.25) is 0 Å². The van der Waals surface area contributed by atoms with E-state index in [1.165, 1.54) is 5.56 Å². The van der Waals surface area contributed by atoms with Gasteiger partial charge in [-0.2, -0.15) is 0 Å². The van der Waals surface area contributed by atoms with E-state index in [0.29, 0.717) is 12.8 Å². The summed E-state index contributed by atoms with van der Waals surface area (Å²) >= 11 is 0. The molecule has 2 N–H and O–H groups in total. The normalized spacial score (nSPS) is 11.9. The van der Waals surface area contributed by atoms with E-state index in [2.05, 4.69) is 5.32 Å². The van der Waals surface area contributed by atoms with Gasteiger partial charge in [0.2, 0.25) is 5.91 Å². The maximum atomic E-state index is 12.0. The second kappa shape index (κ2) is 8.35. The molecular formula is C19H23NO2. The topological polar surface area (TPSA) is 49.3 Å². The molecule has 2 rings (SSSR count). The zero-order valence-electron chi connectivity index (χ0n) is 13.0. The van der Waals surface area contributed by atoms with Crippen LogP contribution in [0.25, 0.3) is 0 Å². The fourth-order valence-corrected chi connectivity index (χ4v) is 2.37. The first-order valence-corrected chi connectivity index (χ1v) is 7.67. The minimum absolute atomic E-state index is 0.0185. The second-order valence-electron chi connectivity index (χ2n) is 5.62. The highest BCUT2D eigenvalue weighted by Crippen LogP contribution is 2.07. The Morgan fingerprint density at radius 1 is 1.05 bits per heavy atom. The largest absolute Gasteiger partial charge is 0.394 e. The fourth-order valence-electron chi connectivity index (χ4n) is 2.37. The Morgan fingerprint density at radius 3 is 2.36 bits per heavy atom. The molecule has 1 amide bonds. The molecular weight excluding hydrogens is 274 g/mol. The first kappa shape index (κ1) is 16.2. The Labute approximate surface area is 132 Å². The summed E-state index contributed by atoms with van der Waals surface area (Å²) < 4.78 is 0. The average Bonchev–Trinajstić information content (AvgIpc) is 2.55. The lowest BCUT2D eigenvalue weighted by Gasteiger charge is -2.16. The Hall–Kier alpha value is -2.13. The van der Waals surface area contributed by atoms with Crippen LogP contribution in [-0.4, -0.2) is 23.7 Å². The number of carbonyl (C=O) groups is 1. The van der Waals surface area contributed by atoms with Gasteiger partial charge in [0.05, 0.1) is 12.6 Å². The molecule has 0 heterocycles. The molecule has 0 saturated carbocycles. The number of aliphatic hydroxyl groups is 1. The molecule has 22 heavy (non-hydrogen) atoms. The van der Waals surface area contributed by atoms with Crippen molar-refractivity contribution in [3.05, 3.63) is 71.3 Å². The molecule has 0 radical (unpaired) electrons. The molecule has 0 aliphatic rings. The lowest BCUT2D eigenvalue weighted by atomic mass is 10.0. The van der Waals surface area contributed by atoms with E-state index in [9.17, 15) is 9.90 Å². The van der Waals surface area contributed by atoms with Crippen molar-refractivity contribution in [1.82, 2.24) is 5.32 Å². The third-order valence-corrected chi connectivity index (χ3v) is 3.67. The summed E-state index contributed by atoms with van der Waals surface area (Å²) in [5.41, 5.74) is 3.47. The van der Waals surface area contributed by atoms with Crippen LogP contribution in [0.3, 0.4) is 0 Å². The Morgan fingerprint density at radius 2 is 1.73 bits per heavy atom. The predicted molar refractivity (Wildman–Crippen MR) is 88.7 cm³/mol. The highest BCUT2D eigenvalue weighted by Gasteiger charge is 2.12. The number of aliphatic hydroxyl groups excluding tert-OH is 1. The zero-order chi connectivity index (χ0) is 15.8. The van der Waals surface area contributed by atoms with Crippen LogP contribution >= 0.6 is 0 Å². The minimum atomic E-state index is -0.231. The van der Waals surface area contributed by atoms with Crippen LogP contribution in [-0.2, 0) is 17.6 Å². The molecule has 116 valence electrons. The molecule has 0 saturated heterocycles. The van der Waals surface area contributed by atoms with Gasteiger partial charge in [-0.3, -0.25) is 4.79 Å². The molecule has 2 aromatic carbocycles. The molecule has 0 fully saturated rings. The van der Waals surface area contributed by atoms with Crippen molar-refractivity contribution in [2.45, 2.75) is 32.2 Å². The SMILES string of the molecule is Cc1ccc(C[C@@H](CO)NC(=O)CCc2ccccc2)cc1. The number of nitrogens with one attached hydrogen (secondary N) is 1. The highest BCUT2D eigenvalue weighted by molar-refractivity contribution is 5.76. The number of carbonyl (C=O) groups excluding carboxylic acids is 1. The van der Waals surface area contributed by atoms with Crippen LogP contribution in [0.5, 0.6) is 0 Å². The van der Waals surface area contributed by atoms with Gasteiger partial charge in [0.1, 0.15) is 0 Å². The summed E-state index contributed by atoms with van der Waals surface area (Å²) in [6, 6.07) is 17.9. The lowest BCUT2D eigenvalue weighted by molar-refractivity contribution is -0.122. The summed E-state index contributed by atoms with van der Waals surface area (Å²) in [6.45, 7) is 1.99. The Balaban J connectivity index is 1.81. The first-order chi connectivity index (χ1) is 10.7. The maximum absolute atomic E-state index is 12.0. The number of benzene rings is 2. The monoisotopic (exact) mass is 297 g/mol. The van der Waals surface area contributed by atoms with E-state index >= 15 is 0 Å². The van der Waals surface area contributed by atoms with Gasteiger partial charge in [-0.1, -0.05) is 60.2 Å². The average molecular weight is 297 g/mol. The molecule has 1 atom stereocenters. The van der Waals surface area contributed by atoms with Gasteiger partial charge < -0.3 is 10.4 Å². The smallest absolute Gasteiger partial charge is 0.220 e. The maximum Gasteiger partial charge on any atom is 0.220 e. The van der Waals surface area contributed by atoms with Crippen LogP contribution in [0, 0.1) is 6.92 Å². The number of hydrogen-bond donors (Lipinski definition) is 2. The molecule has 0 unspecified atom stereocenters. The van der Waals surface area contributed by atoms with Gasteiger partial charge in [-0.05, 0) is 30.9 Å². The first-order valence-electron chi connectivity index (χ1n) is 7.67. The molecule has 0 aliphatic carbocycles. The van der Waals surface area contributed by atoms with E-state index in [0.717, 1.165) is 17.5 Å². The third-order valence-electron chi connectivity index (χ3n) is 3.67. The molecule has 2 aromatic rings. The summed E-state index contributed by atoms with van der Waals surface area (Å²) in [5, 5.41) is 12.4. The molecule has 0 aromatic heterocycles. The highest BCUT2D eigenvalue weighted by atomic mass is 16.3. The van der Waals surface area contributed by atoms with Gasteiger partial charge in [-0.25, -0.2) is 0 Å². The summed E-state index contributed by atoms with van der Waals surface area (Å²) in [4.78, 5) is 12.0. The quantitative estimate of drug-likeness (QED) is 0.825. The number of aryl methyl sites for hydroxylation is 2.